The van der Waals surface area contributed by atoms with Gasteiger partial charge >= 0.3 is 0 Å². The molecule has 0 N–H and O–H groups in total. The van der Waals surface area contributed by atoms with Gasteiger partial charge in [-0.25, -0.2) is 4.98 Å². The second kappa shape index (κ2) is 20.2. The standard InChI is InChI=1S/C71H70N4O/c1-47(2)52-39-62(48(3)4)68(63(40-52)49(5)6)51-33-34-72-67(41-51)75-65-32-21-20-31-61(65)69-64(71(9,10)55-27-18-13-19-28-55)44-60(45-66(69)75)76-59-38-53(50-23-14-11-15-24-50)37-58(43-59)74-36-35-73(46-74)57-30-22-29-56(42-57)70(7,8)54-25-16-12-17-26-54/h11-45,47-49H,46H2,1-10H3. The normalized spacial score (nSPS) is 13.1. The Morgan fingerprint density at radius 1 is 0.461 bits per heavy atom. The van der Waals surface area contributed by atoms with Crippen LogP contribution < -0.4 is 14.5 Å². The molecule has 3 heterocycles. The van der Waals surface area contributed by atoms with E-state index in [0.29, 0.717) is 24.4 Å². The van der Waals surface area contributed by atoms with Crippen molar-refractivity contribution in [3.63, 3.8) is 0 Å². The summed E-state index contributed by atoms with van der Waals surface area (Å²) < 4.78 is 9.69. The third-order valence-electron chi connectivity index (χ3n) is 16.0. The van der Waals surface area contributed by atoms with Crippen molar-refractivity contribution in [2.75, 3.05) is 16.5 Å². The van der Waals surface area contributed by atoms with E-state index < -0.39 is 5.41 Å². The van der Waals surface area contributed by atoms with E-state index in [-0.39, 0.29) is 5.41 Å². The van der Waals surface area contributed by atoms with Crippen molar-refractivity contribution in [2.24, 2.45) is 0 Å². The van der Waals surface area contributed by atoms with Crippen molar-refractivity contribution in [2.45, 2.75) is 97.8 Å². The number of nitrogens with zero attached hydrogens (tertiary/aromatic N) is 4. The molecule has 0 fully saturated rings. The smallest absolute Gasteiger partial charge is 0.138 e. The molecule has 76 heavy (non-hydrogen) atoms. The lowest BCUT2D eigenvalue weighted by Gasteiger charge is -2.28. The predicted molar refractivity (Wildman–Crippen MR) is 321 cm³/mol. The summed E-state index contributed by atoms with van der Waals surface area (Å²) in [6.07, 6.45) is 6.37. The highest BCUT2D eigenvalue weighted by molar-refractivity contribution is 6.12. The molecule has 10 aromatic rings. The van der Waals surface area contributed by atoms with Crippen LogP contribution in [0, 0.1) is 0 Å². The van der Waals surface area contributed by atoms with E-state index in [1.54, 1.807) is 0 Å². The summed E-state index contributed by atoms with van der Waals surface area (Å²) in [5.41, 5.74) is 17.6. The average Bonchev–Trinajstić information content (AvgIpc) is 4.12. The minimum Gasteiger partial charge on any atom is -0.457 e. The third kappa shape index (κ3) is 9.38. The maximum Gasteiger partial charge on any atom is 0.138 e. The third-order valence-corrected chi connectivity index (χ3v) is 16.0. The molecule has 5 nitrogen and oxygen atoms in total. The molecule has 1 aliphatic heterocycles. The van der Waals surface area contributed by atoms with E-state index in [1.165, 1.54) is 60.8 Å². The van der Waals surface area contributed by atoms with Crippen LogP contribution in [0.3, 0.4) is 0 Å². The lowest BCUT2D eigenvalue weighted by molar-refractivity contribution is 0.481. The van der Waals surface area contributed by atoms with Crippen LogP contribution in [0.4, 0.5) is 11.4 Å². The molecule has 380 valence electrons. The first-order valence-electron chi connectivity index (χ1n) is 27.2. The number of aromatic nitrogens is 2. The minimum absolute atomic E-state index is 0.153. The Morgan fingerprint density at radius 2 is 1.05 bits per heavy atom. The van der Waals surface area contributed by atoms with Gasteiger partial charge in [0.25, 0.3) is 0 Å². The Hall–Kier alpha value is -8.15. The molecule has 0 saturated heterocycles. The highest BCUT2D eigenvalue weighted by Crippen LogP contribution is 2.46. The fourth-order valence-electron chi connectivity index (χ4n) is 11.5. The maximum absolute atomic E-state index is 7.32. The summed E-state index contributed by atoms with van der Waals surface area (Å²) in [6, 6.07) is 70.6. The number of hydrogen-bond acceptors (Lipinski definition) is 4. The van der Waals surface area contributed by atoms with E-state index in [9.17, 15) is 0 Å². The SMILES string of the molecule is CC(C)c1cc(C(C)C)c(-c2ccnc(-n3c4ccccc4c4c(C(C)(C)c5ccccc5)cc(Oc5cc(-c6ccccc6)cc(N6C=CN(c7cccc(C(C)(C)c8ccccc8)c7)C6)c5)cc43)c2)c(C(C)C)c1. The minimum atomic E-state index is -0.409. The highest BCUT2D eigenvalue weighted by Gasteiger charge is 2.31. The fraction of sp³-hybridized carbons (Fsp3) is 0.225. The molecule has 8 aromatic carbocycles. The summed E-state index contributed by atoms with van der Waals surface area (Å²) >= 11 is 0. The van der Waals surface area contributed by atoms with Gasteiger partial charge in [0.2, 0.25) is 0 Å². The van der Waals surface area contributed by atoms with Crippen LogP contribution in [-0.2, 0) is 10.8 Å². The van der Waals surface area contributed by atoms with Gasteiger partial charge in [-0.05, 0) is 127 Å². The van der Waals surface area contributed by atoms with Gasteiger partial charge in [0.1, 0.15) is 17.3 Å². The van der Waals surface area contributed by atoms with Crippen molar-refractivity contribution < 1.29 is 4.74 Å². The Balaban J connectivity index is 1.05. The van der Waals surface area contributed by atoms with Crippen molar-refractivity contribution >= 4 is 33.2 Å². The molecule has 0 bridgehead atoms. The molecule has 0 saturated carbocycles. The lowest BCUT2D eigenvalue weighted by atomic mass is 9.76. The first-order chi connectivity index (χ1) is 36.6. The number of para-hydroxylation sites is 1. The van der Waals surface area contributed by atoms with Crippen LogP contribution in [-0.4, -0.2) is 16.2 Å². The second-order valence-electron chi connectivity index (χ2n) is 22.8. The van der Waals surface area contributed by atoms with Crippen molar-refractivity contribution in [1.82, 2.24) is 9.55 Å². The quantitative estimate of drug-likeness (QED) is 0.109. The Bertz CT molecular complexity index is 3720. The van der Waals surface area contributed by atoms with Crippen LogP contribution in [0.5, 0.6) is 11.5 Å². The zero-order chi connectivity index (χ0) is 52.9. The molecule has 1 aliphatic rings. The second-order valence-corrected chi connectivity index (χ2v) is 22.8. The molecule has 0 amide bonds. The van der Waals surface area contributed by atoms with E-state index in [0.717, 1.165) is 50.9 Å². The highest BCUT2D eigenvalue weighted by atomic mass is 16.5. The lowest BCUT2D eigenvalue weighted by Crippen LogP contribution is -2.25. The summed E-state index contributed by atoms with van der Waals surface area (Å²) in [5.74, 6) is 3.50. The number of fused-ring (bicyclic) bond motifs is 3. The summed E-state index contributed by atoms with van der Waals surface area (Å²) in [6.45, 7) is 23.8. The van der Waals surface area contributed by atoms with Gasteiger partial charge < -0.3 is 14.5 Å². The Labute approximate surface area is 450 Å². The van der Waals surface area contributed by atoms with Crippen LogP contribution >= 0.6 is 0 Å². The first-order valence-corrected chi connectivity index (χ1v) is 27.2. The van der Waals surface area contributed by atoms with E-state index in [4.69, 9.17) is 9.72 Å². The van der Waals surface area contributed by atoms with Crippen molar-refractivity contribution in [1.29, 1.82) is 0 Å². The fourth-order valence-corrected chi connectivity index (χ4v) is 11.5. The Morgan fingerprint density at radius 3 is 1.71 bits per heavy atom. The van der Waals surface area contributed by atoms with E-state index >= 15 is 0 Å². The van der Waals surface area contributed by atoms with Crippen LogP contribution in [0.2, 0.25) is 0 Å². The van der Waals surface area contributed by atoms with E-state index in [2.05, 4.69) is 290 Å². The van der Waals surface area contributed by atoms with Crippen molar-refractivity contribution in [3.8, 4) is 39.6 Å². The summed E-state index contributed by atoms with van der Waals surface area (Å²) in [7, 11) is 0. The van der Waals surface area contributed by atoms with E-state index in [1.807, 2.05) is 6.20 Å². The molecule has 2 aromatic heterocycles. The van der Waals surface area contributed by atoms with Crippen LogP contribution in [0.15, 0.2) is 213 Å². The summed E-state index contributed by atoms with van der Waals surface area (Å²) in [5, 5.41) is 2.36. The average molecular weight is 995 g/mol. The van der Waals surface area contributed by atoms with Gasteiger partial charge in [0, 0.05) is 63.7 Å². The molecule has 5 heteroatoms. The van der Waals surface area contributed by atoms with Gasteiger partial charge in [0.15, 0.2) is 0 Å². The summed E-state index contributed by atoms with van der Waals surface area (Å²) in [4.78, 5) is 9.86. The zero-order valence-electron chi connectivity index (χ0n) is 45.8. The molecule has 11 rings (SSSR count). The molecular weight excluding hydrogens is 925 g/mol. The molecule has 0 unspecified atom stereocenters. The molecule has 0 aliphatic carbocycles. The van der Waals surface area contributed by atoms with Gasteiger partial charge in [-0.3, -0.25) is 4.57 Å². The zero-order valence-corrected chi connectivity index (χ0v) is 45.8. The molecule has 0 radical (unpaired) electrons. The number of hydrogen-bond donors (Lipinski definition) is 0. The number of ether oxygens (including phenoxy) is 1. The number of rotatable bonds is 14. The number of benzene rings is 8. The number of pyridine rings is 1. The van der Waals surface area contributed by atoms with Gasteiger partial charge in [-0.2, -0.15) is 0 Å². The van der Waals surface area contributed by atoms with Gasteiger partial charge in [-0.15, -0.1) is 0 Å². The van der Waals surface area contributed by atoms with Gasteiger partial charge in [-0.1, -0.05) is 203 Å². The molecule has 0 spiro atoms. The predicted octanol–water partition coefficient (Wildman–Crippen LogP) is 19.1. The molecular formula is C71H70N4O. The first kappa shape index (κ1) is 50.0. The monoisotopic (exact) mass is 995 g/mol. The van der Waals surface area contributed by atoms with Gasteiger partial charge in [0.05, 0.1) is 17.7 Å². The van der Waals surface area contributed by atoms with Crippen LogP contribution in [0.25, 0.3) is 49.9 Å². The van der Waals surface area contributed by atoms with Crippen LogP contribution in [0.1, 0.15) is 126 Å². The molecule has 0 atom stereocenters. The number of anilines is 2. The topological polar surface area (TPSA) is 33.5 Å². The Kier molecular flexibility index (Phi) is 13.3. The largest absolute Gasteiger partial charge is 0.457 e. The van der Waals surface area contributed by atoms with Crippen molar-refractivity contribution in [3.05, 3.63) is 252 Å². The maximum atomic E-state index is 7.32.